The number of aryl methyl sites for hydroxylation is 1. The molecule has 1 aromatic carbocycles. The number of aromatic nitrogens is 1. The second-order valence-corrected chi connectivity index (χ2v) is 4.45. The number of rotatable bonds is 5. The average molecular weight is 275 g/mol. The van der Waals surface area contributed by atoms with Crippen molar-refractivity contribution in [1.82, 2.24) is 4.98 Å². The molecule has 106 valence electrons. The first-order chi connectivity index (χ1) is 9.67. The minimum absolute atomic E-state index is 0.246. The molecule has 2 aromatic rings. The van der Waals surface area contributed by atoms with Crippen molar-refractivity contribution in [2.75, 3.05) is 14.2 Å². The monoisotopic (exact) mass is 275 g/mol. The van der Waals surface area contributed by atoms with Crippen LogP contribution in [0.4, 0.5) is 0 Å². The Balaban J connectivity index is 2.28. The molecule has 0 bridgehead atoms. The first-order valence-electron chi connectivity index (χ1n) is 6.42. The largest absolute Gasteiger partial charge is 0.469 e. The highest BCUT2D eigenvalue weighted by Crippen LogP contribution is 2.24. The number of fused-ring (bicyclic) bond motifs is 1. The number of aromatic amines is 1. The fourth-order valence-corrected chi connectivity index (χ4v) is 2.25. The van der Waals surface area contributed by atoms with Crippen molar-refractivity contribution in [1.29, 1.82) is 0 Å². The minimum atomic E-state index is -0.394. The molecule has 0 spiro atoms. The predicted octanol–water partition coefficient (Wildman–Crippen LogP) is 2.45. The summed E-state index contributed by atoms with van der Waals surface area (Å²) >= 11 is 0. The quantitative estimate of drug-likeness (QED) is 0.851. The number of esters is 2. The lowest BCUT2D eigenvalue weighted by Gasteiger charge is -2.03. The molecule has 0 saturated carbocycles. The zero-order valence-electron chi connectivity index (χ0n) is 11.6. The lowest BCUT2D eigenvalue weighted by atomic mass is 10.0. The third kappa shape index (κ3) is 2.82. The second kappa shape index (κ2) is 6.23. The summed E-state index contributed by atoms with van der Waals surface area (Å²) in [7, 11) is 2.72. The van der Waals surface area contributed by atoms with Gasteiger partial charge < -0.3 is 14.5 Å². The number of hydrogen-bond donors (Lipinski definition) is 1. The molecule has 1 aromatic heterocycles. The molecule has 1 N–H and O–H groups in total. The van der Waals surface area contributed by atoms with Crippen LogP contribution in [0.5, 0.6) is 0 Å². The van der Waals surface area contributed by atoms with Crippen LogP contribution in [0.1, 0.15) is 28.9 Å². The van der Waals surface area contributed by atoms with Gasteiger partial charge in [-0.05, 0) is 24.5 Å². The van der Waals surface area contributed by atoms with E-state index < -0.39 is 5.97 Å². The number of ether oxygens (including phenoxy) is 2. The van der Waals surface area contributed by atoms with Gasteiger partial charge in [-0.25, -0.2) is 4.79 Å². The summed E-state index contributed by atoms with van der Waals surface area (Å²) in [5.74, 6) is -0.640. The second-order valence-electron chi connectivity index (χ2n) is 4.45. The zero-order chi connectivity index (χ0) is 14.5. The molecule has 0 amide bonds. The van der Waals surface area contributed by atoms with E-state index in [0.29, 0.717) is 25.0 Å². The highest BCUT2D eigenvalue weighted by molar-refractivity contribution is 5.98. The molecule has 20 heavy (non-hydrogen) atoms. The molecule has 5 heteroatoms. The molecule has 1 heterocycles. The van der Waals surface area contributed by atoms with E-state index >= 15 is 0 Å². The number of para-hydroxylation sites is 1. The fourth-order valence-electron chi connectivity index (χ4n) is 2.25. The van der Waals surface area contributed by atoms with Gasteiger partial charge >= 0.3 is 11.9 Å². The average Bonchev–Trinajstić information content (AvgIpc) is 2.85. The maximum Gasteiger partial charge on any atom is 0.354 e. The smallest absolute Gasteiger partial charge is 0.354 e. The van der Waals surface area contributed by atoms with E-state index in [1.807, 2.05) is 24.3 Å². The number of hydrogen-bond acceptors (Lipinski definition) is 4. The van der Waals surface area contributed by atoms with E-state index in [2.05, 4.69) is 9.72 Å². The van der Waals surface area contributed by atoms with E-state index in [1.54, 1.807) is 0 Å². The summed E-state index contributed by atoms with van der Waals surface area (Å²) in [5, 5.41) is 0.984. The van der Waals surface area contributed by atoms with Crippen molar-refractivity contribution >= 4 is 22.8 Å². The lowest BCUT2D eigenvalue weighted by Crippen LogP contribution is -2.06. The molecule has 0 aliphatic heterocycles. The van der Waals surface area contributed by atoms with Crippen LogP contribution in [0.3, 0.4) is 0 Å². The first-order valence-corrected chi connectivity index (χ1v) is 6.42. The minimum Gasteiger partial charge on any atom is -0.469 e. The zero-order valence-corrected chi connectivity index (χ0v) is 11.6. The predicted molar refractivity (Wildman–Crippen MR) is 74.6 cm³/mol. The van der Waals surface area contributed by atoms with Gasteiger partial charge in [0.15, 0.2) is 0 Å². The molecule has 0 atom stereocenters. The number of carbonyl (C=O) groups excluding carboxylic acids is 2. The van der Waals surface area contributed by atoms with E-state index in [9.17, 15) is 9.59 Å². The number of methoxy groups -OCH3 is 2. The third-order valence-electron chi connectivity index (χ3n) is 3.24. The highest BCUT2D eigenvalue weighted by Gasteiger charge is 2.18. The third-order valence-corrected chi connectivity index (χ3v) is 3.24. The molecule has 0 fully saturated rings. The van der Waals surface area contributed by atoms with E-state index in [0.717, 1.165) is 16.5 Å². The van der Waals surface area contributed by atoms with Crippen LogP contribution in [-0.4, -0.2) is 31.1 Å². The summed E-state index contributed by atoms with van der Waals surface area (Å²) in [6.07, 6.45) is 1.57. The van der Waals surface area contributed by atoms with Gasteiger partial charge in [0.2, 0.25) is 0 Å². The molecule has 0 aliphatic rings. The van der Waals surface area contributed by atoms with Crippen LogP contribution in [0.2, 0.25) is 0 Å². The van der Waals surface area contributed by atoms with Gasteiger partial charge in [-0.15, -0.1) is 0 Å². The summed E-state index contributed by atoms with van der Waals surface area (Å²) in [5.41, 5.74) is 2.23. The van der Waals surface area contributed by atoms with Gasteiger partial charge in [-0.3, -0.25) is 4.79 Å². The summed E-state index contributed by atoms with van der Waals surface area (Å²) < 4.78 is 9.41. The summed E-state index contributed by atoms with van der Waals surface area (Å²) in [6.45, 7) is 0. The molecule has 0 unspecified atom stereocenters. The van der Waals surface area contributed by atoms with Crippen molar-refractivity contribution in [3.05, 3.63) is 35.5 Å². The molecule has 0 saturated heterocycles. The number of benzene rings is 1. The van der Waals surface area contributed by atoms with Crippen molar-refractivity contribution in [2.45, 2.75) is 19.3 Å². The van der Waals surface area contributed by atoms with Gasteiger partial charge in [-0.1, -0.05) is 18.2 Å². The van der Waals surface area contributed by atoms with Crippen molar-refractivity contribution < 1.29 is 19.1 Å². The van der Waals surface area contributed by atoms with Crippen molar-refractivity contribution in [3.63, 3.8) is 0 Å². The van der Waals surface area contributed by atoms with Gasteiger partial charge in [0.1, 0.15) is 5.69 Å². The van der Waals surface area contributed by atoms with Crippen LogP contribution in [-0.2, 0) is 20.7 Å². The first kappa shape index (κ1) is 14.1. The van der Waals surface area contributed by atoms with Crippen LogP contribution < -0.4 is 0 Å². The van der Waals surface area contributed by atoms with Crippen LogP contribution >= 0.6 is 0 Å². The molecular formula is C15H17NO4. The Morgan fingerprint density at radius 3 is 2.60 bits per heavy atom. The van der Waals surface area contributed by atoms with Crippen molar-refractivity contribution in [2.24, 2.45) is 0 Å². The van der Waals surface area contributed by atoms with Crippen LogP contribution in [0, 0.1) is 0 Å². The Morgan fingerprint density at radius 1 is 1.15 bits per heavy atom. The lowest BCUT2D eigenvalue weighted by molar-refractivity contribution is -0.140. The fraction of sp³-hybridized carbons (Fsp3) is 0.333. The highest BCUT2D eigenvalue weighted by atomic mass is 16.5. The normalized spacial score (nSPS) is 10.5. The maximum atomic E-state index is 11.8. The van der Waals surface area contributed by atoms with Gasteiger partial charge in [0.05, 0.1) is 14.2 Å². The van der Waals surface area contributed by atoms with Gasteiger partial charge in [0, 0.05) is 17.3 Å². The Bertz CT molecular complexity index is 630. The molecule has 5 nitrogen and oxygen atoms in total. The Labute approximate surface area is 116 Å². The van der Waals surface area contributed by atoms with E-state index in [4.69, 9.17) is 4.74 Å². The Morgan fingerprint density at radius 2 is 1.90 bits per heavy atom. The van der Waals surface area contributed by atoms with Crippen molar-refractivity contribution in [3.8, 4) is 0 Å². The molecule has 0 radical (unpaired) electrons. The Hall–Kier alpha value is -2.30. The van der Waals surface area contributed by atoms with Gasteiger partial charge in [0.25, 0.3) is 0 Å². The van der Waals surface area contributed by atoms with Gasteiger partial charge in [-0.2, -0.15) is 0 Å². The van der Waals surface area contributed by atoms with E-state index in [1.165, 1.54) is 14.2 Å². The SMILES string of the molecule is COC(=O)CCCc1c(C(=O)OC)[nH]c2ccccc12. The molecule has 2 rings (SSSR count). The summed E-state index contributed by atoms with van der Waals surface area (Å²) in [6, 6.07) is 7.68. The molecule has 0 aliphatic carbocycles. The van der Waals surface area contributed by atoms with Crippen LogP contribution in [0.25, 0.3) is 10.9 Å². The molecular weight excluding hydrogens is 258 g/mol. The maximum absolute atomic E-state index is 11.8. The van der Waals surface area contributed by atoms with Crippen LogP contribution in [0.15, 0.2) is 24.3 Å². The number of nitrogens with one attached hydrogen (secondary N) is 1. The Kier molecular flexibility index (Phi) is 4.40. The number of carbonyl (C=O) groups is 2. The standard InChI is InChI=1S/C15H17NO4/c1-19-13(17)9-5-7-11-10-6-3-4-8-12(10)16-14(11)15(18)20-2/h3-4,6,8,16H,5,7,9H2,1-2H3. The topological polar surface area (TPSA) is 68.4 Å². The summed E-state index contributed by atoms with van der Waals surface area (Å²) in [4.78, 5) is 26.0. The van der Waals surface area contributed by atoms with E-state index in [-0.39, 0.29) is 5.97 Å². The number of H-pyrrole nitrogens is 1.